The number of nitrogens with zero attached hydrogens (tertiary/aromatic N) is 3. The summed E-state index contributed by atoms with van der Waals surface area (Å²) in [6, 6.07) is 7.48. The number of aromatic hydroxyl groups is 2. The van der Waals surface area contributed by atoms with Crippen LogP contribution in [0.1, 0.15) is 11.1 Å². The molecule has 0 spiro atoms. The first kappa shape index (κ1) is 14.0. The van der Waals surface area contributed by atoms with Crippen molar-refractivity contribution in [3.63, 3.8) is 0 Å². The molecule has 2 N–H and O–H groups in total. The molecule has 2 rings (SSSR count). The Balaban J connectivity index is 2.54. The second-order valence-corrected chi connectivity index (χ2v) is 4.08. The van der Waals surface area contributed by atoms with E-state index >= 15 is 0 Å². The van der Waals surface area contributed by atoms with E-state index in [2.05, 4.69) is 4.98 Å². The quantitative estimate of drug-likeness (QED) is 0.386. The van der Waals surface area contributed by atoms with Crippen LogP contribution < -0.4 is 0 Å². The summed E-state index contributed by atoms with van der Waals surface area (Å²) in [6.07, 6.45) is 4.39. The van der Waals surface area contributed by atoms with Gasteiger partial charge in [0.25, 0.3) is 0 Å². The summed E-state index contributed by atoms with van der Waals surface area (Å²) in [4.78, 5) is 13.9. The minimum absolute atomic E-state index is 0.220. The summed E-state index contributed by atoms with van der Waals surface area (Å²) >= 11 is 0. The number of rotatable bonds is 3. The van der Waals surface area contributed by atoms with Crippen LogP contribution >= 0.6 is 0 Å². The van der Waals surface area contributed by atoms with Gasteiger partial charge in [-0.2, -0.15) is 5.26 Å². The van der Waals surface area contributed by atoms with Crippen molar-refractivity contribution in [1.82, 2.24) is 4.98 Å². The Bertz CT molecular complexity index is 764. The van der Waals surface area contributed by atoms with Gasteiger partial charge in [-0.25, -0.2) is 0 Å². The first-order chi connectivity index (χ1) is 10.0. The topological polar surface area (TPSA) is 120 Å². The lowest BCUT2D eigenvalue weighted by Gasteiger charge is -2.02. The van der Waals surface area contributed by atoms with Crippen molar-refractivity contribution in [2.45, 2.75) is 0 Å². The molecule has 0 atom stereocenters. The van der Waals surface area contributed by atoms with E-state index in [1.54, 1.807) is 18.3 Å². The highest BCUT2D eigenvalue weighted by Crippen LogP contribution is 2.36. The Hall–Kier alpha value is -3.40. The third-order valence-electron chi connectivity index (χ3n) is 2.69. The first-order valence-corrected chi connectivity index (χ1v) is 5.75. The monoisotopic (exact) mass is 283 g/mol. The van der Waals surface area contributed by atoms with Gasteiger partial charge in [-0.3, -0.25) is 15.1 Å². The summed E-state index contributed by atoms with van der Waals surface area (Å²) in [5, 5.41) is 38.9. The lowest BCUT2D eigenvalue weighted by atomic mass is 10.0. The number of phenolic OH excluding ortho intramolecular Hbond substituents is 2. The third kappa shape index (κ3) is 2.96. The maximum atomic E-state index is 10.8. The fourth-order valence-electron chi connectivity index (χ4n) is 1.72. The molecule has 0 saturated carbocycles. The van der Waals surface area contributed by atoms with E-state index in [1.165, 1.54) is 12.3 Å². The predicted octanol–water partition coefficient (Wildman–Crippen LogP) is 2.47. The van der Waals surface area contributed by atoms with Gasteiger partial charge in [-0.15, -0.1) is 0 Å². The van der Waals surface area contributed by atoms with E-state index in [4.69, 9.17) is 5.26 Å². The molecule has 0 saturated heterocycles. The highest BCUT2D eigenvalue weighted by Gasteiger charge is 2.18. The third-order valence-corrected chi connectivity index (χ3v) is 2.69. The fourth-order valence-corrected chi connectivity index (χ4v) is 1.72. The smallest absolute Gasteiger partial charge is 0.315 e. The molecule has 104 valence electrons. The lowest BCUT2D eigenvalue weighted by Crippen LogP contribution is -1.90. The molecule has 7 nitrogen and oxygen atoms in total. The van der Waals surface area contributed by atoms with Crippen LogP contribution in [-0.4, -0.2) is 20.1 Å². The fraction of sp³-hybridized carbons (Fsp3) is 0. The molecule has 7 heteroatoms. The van der Waals surface area contributed by atoms with Gasteiger partial charge in [0.1, 0.15) is 0 Å². The highest BCUT2D eigenvalue weighted by molar-refractivity contribution is 5.90. The van der Waals surface area contributed by atoms with Crippen LogP contribution in [0.2, 0.25) is 0 Å². The molecule has 1 heterocycles. The predicted molar refractivity (Wildman–Crippen MR) is 74.1 cm³/mol. The van der Waals surface area contributed by atoms with E-state index in [0.29, 0.717) is 5.56 Å². The van der Waals surface area contributed by atoms with Gasteiger partial charge in [0.15, 0.2) is 5.75 Å². The van der Waals surface area contributed by atoms with Crippen molar-refractivity contribution in [3.05, 3.63) is 57.9 Å². The Morgan fingerprint density at radius 1 is 1.43 bits per heavy atom. The minimum atomic E-state index is -0.817. The summed E-state index contributed by atoms with van der Waals surface area (Å²) in [5.41, 5.74) is 0.347. The molecule has 0 amide bonds. The van der Waals surface area contributed by atoms with Gasteiger partial charge < -0.3 is 10.2 Å². The summed E-state index contributed by atoms with van der Waals surface area (Å²) in [7, 11) is 0. The van der Waals surface area contributed by atoms with Crippen LogP contribution in [0.5, 0.6) is 11.5 Å². The molecule has 0 aliphatic rings. The molecule has 0 unspecified atom stereocenters. The van der Waals surface area contributed by atoms with E-state index in [-0.39, 0.29) is 11.1 Å². The normalized spacial score (nSPS) is 10.9. The number of aromatic nitrogens is 1. The number of benzene rings is 1. The van der Waals surface area contributed by atoms with Crippen molar-refractivity contribution < 1.29 is 15.1 Å². The highest BCUT2D eigenvalue weighted by atomic mass is 16.6. The number of allylic oxidation sites excluding steroid dienone is 1. The number of phenols is 2. The molecule has 0 aliphatic carbocycles. The molecule has 0 aliphatic heterocycles. The van der Waals surface area contributed by atoms with Gasteiger partial charge in [0, 0.05) is 24.0 Å². The van der Waals surface area contributed by atoms with Crippen LogP contribution in [0.25, 0.3) is 11.6 Å². The van der Waals surface area contributed by atoms with Crippen LogP contribution in [0.3, 0.4) is 0 Å². The first-order valence-electron chi connectivity index (χ1n) is 5.75. The number of nitriles is 1. The maximum Gasteiger partial charge on any atom is 0.315 e. The Labute approximate surface area is 119 Å². The van der Waals surface area contributed by atoms with Crippen molar-refractivity contribution in [3.8, 4) is 17.6 Å². The zero-order chi connectivity index (χ0) is 15.4. The molecule has 2 aromatic rings. The Kier molecular flexibility index (Phi) is 3.81. The summed E-state index contributed by atoms with van der Waals surface area (Å²) in [5.74, 6) is -1.43. The van der Waals surface area contributed by atoms with E-state index < -0.39 is 22.1 Å². The summed E-state index contributed by atoms with van der Waals surface area (Å²) < 4.78 is 0. The number of pyridine rings is 1. The van der Waals surface area contributed by atoms with E-state index in [1.807, 2.05) is 6.07 Å². The molecule has 0 radical (unpaired) electrons. The zero-order valence-corrected chi connectivity index (χ0v) is 10.6. The van der Waals surface area contributed by atoms with Gasteiger partial charge in [0.2, 0.25) is 5.75 Å². The molecular formula is C14H9N3O4. The molecule has 21 heavy (non-hydrogen) atoms. The van der Waals surface area contributed by atoms with Crippen LogP contribution in [-0.2, 0) is 0 Å². The molecule has 0 bridgehead atoms. The van der Waals surface area contributed by atoms with Crippen LogP contribution in [0.15, 0.2) is 36.7 Å². The number of hydrogen-bond acceptors (Lipinski definition) is 6. The largest absolute Gasteiger partial charge is 0.504 e. The van der Waals surface area contributed by atoms with Gasteiger partial charge in [-0.05, 0) is 23.8 Å². The Morgan fingerprint density at radius 3 is 2.76 bits per heavy atom. The second-order valence-electron chi connectivity index (χ2n) is 4.08. The molecule has 0 fully saturated rings. The molecular weight excluding hydrogens is 274 g/mol. The Morgan fingerprint density at radius 2 is 2.19 bits per heavy atom. The zero-order valence-electron chi connectivity index (χ0n) is 10.6. The van der Waals surface area contributed by atoms with Gasteiger partial charge >= 0.3 is 5.69 Å². The lowest BCUT2D eigenvalue weighted by molar-refractivity contribution is -0.386. The molecule has 1 aromatic carbocycles. The van der Waals surface area contributed by atoms with Crippen LogP contribution in [0.4, 0.5) is 5.69 Å². The number of hydrogen-bond donors (Lipinski definition) is 2. The summed E-state index contributed by atoms with van der Waals surface area (Å²) in [6.45, 7) is 0. The van der Waals surface area contributed by atoms with Crippen molar-refractivity contribution in [2.75, 3.05) is 0 Å². The second kappa shape index (κ2) is 5.71. The van der Waals surface area contributed by atoms with Gasteiger partial charge in [-0.1, -0.05) is 6.07 Å². The maximum absolute atomic E-state index is 10.8. The number of nitro groups is 1. The van der Waals surface area contributed by atoms with E-state index in [9.17, 15) is 20.3 Å². The van der Waals surface area contributed by atoms with Crippen LogP contribution in [0, 0.1) is 21.4 Å². The van der Waals surface area contributed by atoms with Crippen molar-refractivity contribution in [1.29, 1.82) is 5.26 Å². The SMILES string of the molecule is N#C/C(=C\c1cc(O)c(O)c([N+](=O)[O-])c1)c1cccnc1. The van der Waals surface area contributed by atoms with Crippen molar-refractivity contribution >= 4 is 17.3 Å². The number of nitro benzene ring substituents is 1. The molecule has 1 aromatic heterocycles. The minimum Gasteiger partial charge on any atom is -0.504 e. The average molecular weight is 283 g/mol. The standard InChI is InChI=1S/C14H9N3O4/c15-7-11(10-2-1-3-16-8-10)4-9-5-12(17(20)21)14(19)13(18)6-9/h1-6,8,18-19H/b11-4+. The van der Waals surface area contributed by atoms with E-state index in [0.717, 1.165) is 12.1 Å². The van der Waals surface area contributed by atoms with Crippen molar-refractivity contribution in [2.24, 2.45) is 0 Å². The average Bonchev–Trinajstić information content (AvgIpc) is 2.48. The van der Waals surface area contributed by atoms with Gasteiger partial charge in [0.05, 0.1) is 16.6 Å².